The van der Waals surface area contributed by atoms with Gasteiger partial charge < -0.3 is 0 Å². The highest BCUT2D eigenvalue weighted by Crippen LogP contribution is 2.31. The van der Waals surface area contributed by atoms with Gasteiger partial charge in [0, 0.05) is 6.21 Å². The van der Waals surface area contributed by atoms with E-state index in [1.807, 2.05) is 13.8 Å². The Morgan fingerprint density at radius 3 is 2.65 bits per heavy atom. The van der Waals surface area contributed by atoms with E-state index in [1.54, 1.807) is 12.3 Å². The maximum atomic E-state index is 10.6. The van der Waals surface area contributed by atoms with E-state index in [1.165, 1.54) is 6.08 Å². The molecule has 1 aliphatic heterocycles. The Balaban J connectivity index is 2.58. The van der Waals surface area contributed by atoms with Crippen molar-refractivity contribution < 1.29 is 9.59 Å². The maximum Gasteiger partial charge on any atom is 0.235 e. The Hall–Kier alpha value is -1.90. The molecule has 0 saturated heterocycles. The second-order valence-corrected chi connectivity index (χ2v) is 4.80. The molecule has 2 unspecified atom stereocenters. The Bertz CT molecular complexity index is 474. The highest BCUT2D eigenvalue weighted by atomic mass is 16.1. The zero-order chi connectivity index (χ0) is 14.8. The molecule has 0 radical (unpaired) electrons. The predicted molar refractivity (Wildman–Crippen MR) is 78.0 cm³/mol. The number of hydrogen-bond donors (Lipinski definition) is 0. The fourth-order valence-corrected chi connectivity index (χ4v) is 2.35. The van der Waals surface area contributed by atoms with Gasteiger partial charge in [-0.3, -0.25) is 9.98 Å². The van der Waals surface area contributed by atoms with E-state index in [9.17, 15) is 9.59 Å². The van der Waals surface area contributed by atoms with Gasteiger partial charge in [0.1, 0.15) is 6.04 Å². The highest BCUT2D eigenvalue weighted by molar-refractivity contribution is 6.30. The largest absolute Gasteiger partial charge is 0.259 e. The predicted octanol–water partition coefficient (Wildman–Crippen LogP) is 2.24. The average Bonchev–Trinajstić information content (AvgIpc) is 2.84. The number of isocyanates is 2. The first-order valence-electron chi connectivity index (χ1n) is 6.91. The first-order chi connectivity index (χ1) is 9.68. The molecule has 1 rings (SSSR count). The van der Waals surface area contributed by atoms with E-state index < -0.39 is 5.66 Å². The van der Waals surface area contributed by atoms with Crippen LogP contribution < -0.4 is 0 Å². The molecule has 0 fully saturated rings. The van der Waals surface area contributed by atoms with Crippen molar-refractivity contribution in [2.75, 3.05) is 6.54 Å². The van der Waals surface area contributed by atoms with Gasteiger partial charge in [-0.1, -0.05) is 19.8 Å². The van der Waals surface area contributed by atoms with Crippen LogP contribution in [0.1, 0.15) is 46.0 Å². The molecule has 0 aromatic carbocycles. The molecular weight excluding hydrogens is 256 g/mol. The molecule has 20 heavy (non-hydrogen) atoms. The second kappa shape index (κ2) is 8.31. The smallest absolute Gasteiger partial charge is 0.235 e. The van der Waals surface area contributed by atoms with Gasteiger partial charge in [0.25, 0.3) is 0 Å². The zero-order valence-corrected chi connectivity index (χ0v) is 12.0. The molecule has 6 heteroatoms. The lowest BCUT2D eigenvalue weighted by atomic mass is 9.94. The summed E-state index contributed by atoms with van der Waals surface area (Å²) in [5.74, 6) is 0. The second-order valence-electron chi connectivity index (χ2n) is 4.80. The van der Waals surface area contributed by atoms with E-state index in [4.69, 9.17) is 0 Å². The minimum Gasteiger partial charge on any atom is -0.259 e. The van der Waals surface area contributed by atoms with E-state index >= 15 is 0 Å². The van der Waals surface area contributed by atoms with Crippen molar-refractivity contribution in [2.45, 2.75) is 57.7 Å². The van der Waals surface area contributed by atoms with Gasteiger partial charge in [-0.15, -0.1) is 0 Å². The molecule has 0 aliphatic carbocycles. The lowest BCUT2D eigenvalue weighted by Gasteiger charge is -2.27. The third-order valence-electron chi connectivity index (χ3n) is 3.42. The van der Waals surface area contributed by atoms with Gasteiger partial charge in [0.15, 0.2) is 5.66 Å². The molecular formula is C14H20N4O2. The fraction of sp³-hybridized carbons (Fsp3) is 0.714. The lowest BCUT2D eigenvalue weighted by molar-refractivity contribution is 0.333. The van der Waals surface area contributed by atoms with Crippen molar-refractivity contribution in [1.29, 1.82) is 0 Å². The summed E-state index contributed by atoms with van der Waals surface area (Å²) >= 11 is 0. The first-order valence-corrected chi connectivity index (χ1v) is 6.91. The summed E-state index contributed by atoms with van der Waals surface area (Å²) in [6.45, 7) is 4.38. The SMILES string of the molecule is CCC1(C(CCCCCN=C=O)N=C=O)N=CC(C)=N1. The summed E-state index contributed by atoms with van der Waals surface area (Å²) in [6, 6.07) is -0.270. The Kier molecular flexibility index (Phi) is 6.71. The molecule has 0 aromatic heterocycles. The van der Waals surface area contributed by atoms with Gasteiger partial charge in [-0.25, -0.2) is 14.6 Å². The van der Waals surface area contributed by atoms with Crippen molar-refractivity contribution in [3.8, 4) is 0 Å². The molecule has 6 nitrogen and oxygen atoms in total. The van der Waals surface area contributed by atoms with Gasteiger partial charge in [0.2, 0.25) is 12.2 Å². The van der Waals surface area contributed by atoms with Crippen LogP contribution in [0.4, 0.5) is 0 Å². The fourth-order valence-electron chi connectivity index (χ4n) is 2.35. The normalized spacial score (nSPS) is 21.8. The van der Waals surface area contributed by atoms with E-state index in [2.05, 4.69) is 20.0 Å². The molecule has 0 spiro atoms. The zero-order valence-electron chi connectivity index (χ0n) is 12.0. The van der Waals surface area contributed by atoms with Gasteiger partial charge in [0.05, 0.1) is 12.3 Å². The van der Waals surface area contributed by atoms with Gasteiger partial charge >= 0.3 is 0 Å². The number of carbonyl (C=O) groups excluding carboxylic acids is 2. The molecule has 0 aromatic rings. The minimum atomic E-state index is -0.636. The summed E-state index contributed by atoms with van der Waals surface area (Å²) < 4.78 is 0. The Morgan fingerprint density at radius 1 is 1.30 bits per heavy atom. The van der Waals surface area contributed by atoms with Crippen molar-refractivity contribution >= 4 is 24.1 Å². The molecule has 1 aliphatic rings. The van der Waals surface area contributed by atoms with Crippen LogP contribution in [0.15, 0.2) is 20.0 Å². The average molecular weight is 276 g/mol. The Labute approximate surface area is 118 Å². The van der Waals surface area contributed by atoms with Crippen molar-refractivity contribution in [1.82, 2.24) is 0 Å². The molecule has 0 saturated carbocycles. The van der Waals surface area contributed by atoms with Crippen LogP contribution in [-0.4, -0.2) is 42.3 Å². The van der Waals surface area contributed by atoms with Crippen molar-refractivity contribution in [3.63, 3.8) is 0 Å². The lowest BCUT2D eigenvalue weighted by Crippen LogP contribution is -2.35. The monoisotopic (exact) mass is 276 g/mol. The van der Waals surface area contributed by atoms with Crippen LogP contribution in [0.5, 0.6) is 0 Å². The quantitative estimate of drug-likeness (QED) is 0.367. The first kappa shape index (κ1) is 16.2. The minimum absolute atomic E-state index is 0.270. The molecule has 1 heterocycles. The number of nitrogens with zero attached hydrogens (tertiary/aromatic N) is 4. The summed E-state index contributed by atoms with van der Waals surface area (Å²) in [5.41, 5.74) is 0.223. The van der Waals surface area contributed by atoms with Crippen LogP contribution in [-0.2, 0) is 9.59 Å². The van der Waals surface area contributed by atoms with Crippen LogP contribution in [0.2, 0.25) is 0 Å². The topological polar surface area (TPSA) is 83.6 Å². The summed E-state index contributed by atoms with van der Waals surface area (Å²) in [7, 11) is 0. The van der Waals surface area contributed by atoms with Crippen molar-refractivity contribution in [3.05, 3.63) is 0 Å². The highest BCUT2D eigenvalue weighted by Gasteiger charge is 2.38. The van der Waals surface area contributed by atoms with Gasteiger partial charge in [-0.05, 0) is 26.2 Å². The summed E-state index contributed by atoms with van der Waals surface area (Å²) in [5, 5.41) is 0. The summed E-state index contributed by atoms with van der Waals surface area (Å²) in [4.78, 5) is 37.0. The van der Waals surface area contributed by atoms with Crippen molar-refractivity contribution in [2.24, 2.45) is 20.0 Å². The molecule has 0 bridgehead atoms. The maximum absolute atomic E-state index is 10.6. The molecule has 108 valence electrons. The number of unbranched alkanes of at least 4 members (excludes halogenated alkanes) is 2. The number of hydrogen-bond acceptors (Lipinski definition) is 6. The Morgan fingerprint density at radius 2 is 2.10 bits per heavy atom. The molecule has 0 N–H and O–H groups in total. The number of aliphatic imine (C=N–C) groups is 4. The van der Waals surface area contributed by atoms with E-state index in [0.29, 0.717) is 13.0 Å². The standard InChI is InChI=1S/C14H20N4O2/c1-3-14(17-9-12(2)18-14)13(16-11-20)7-5-4-6-8-15-10-19/h9,13H,3-8H2,1-2H3. The van der Waals surface area contributed by atoms with Crippen LogP contribution in [0.25, 0.3) is 0 Å². The van der Waals surface area contributed by atoms with Gasteiger partial charge in [-0.2, -0.15) is 4.99 Å². The third kappa shape index (κ3) is 4.34. The number of rotatable bonds is 9. The third-order valence-corrected chi connectivity index (χ3v) is 3.42. The van der Waals surface area contributed by atoms with Crippen LogP contribution in [0.3, 0.4) is 0 Å². The molecule has 2 atom stereocenters. The van der Waals surface area contributed by atoms with Crippen LogP contribution >= 0.6 is 0 Å². The van der Waals surface area contributed by atoms with E-state index in [0.717, 1.165) is 31.4 Å². The van der Waals surface area contributed by atoms with Crippen LogP contribution in [0, 0.1) is 0 Å². The summed E-state index contributed by atoms with van der Waals surface area (Å²) in [6.07, 6.45) is 8.95. The molecule has 0 amide bonds. The van der Waals surface area contributed by atoms with E-state index in [-0.39, 0.29) is 6.04 Å².